The molecule has 0 radical (unpaired) electrons. The summed E-state index contributed by atoms with van der Waals surface area (Å²) in [6, 6.07) is 3.42. The number of rotatable bonds is 6. The van der Waals surface area contributed by atoms with Crippen LogP contribution in [0.25, 0.3) is 0 Å². The summed E-state index contributed by atoms with van der Waals surface area (Å²) in [6.07, 6.45) is 0.799. The lowest BCUT2D eigenvalue weighted by atomic mass is 10.1. The quantitative estimate of drug-likeness (QED) is 0.820. The molecule has 17 heavy (non-hydrogen) atoms. The van der Waals surface area contributed by atoms with Gasteiger partial charge in [-0.3, -0.25) is 0 Å². The molecule has 0 bridgehead atoms. The molecule has 0 aliphatic rings. The van der Waals surface area contributed by atoms with Crippen LogP contribution in [-0.2, 0) is 10.0 Å². The Labute approximate surface area is 112 Å². The molecule has 1 unspecified atom stereocenters. The van der Waals surface area contributed by atoms with Gasteiger partial charge in [-0.05, 0) is 31.4 Å². The molecule has 0 aliphatic carbocycles. The monoisotopic (exact) mass is 295 g/mol. The van der Waals surface area contributed by atoms with E-state index < -0.39 is 10.0 Å². The van der Waals surface area contributed by atoms with Crippen molar-refractivity contribution in [2.75, 3.05) is 6.54 Å². The average Bonchev–Trinajstić information content (AvgIpc) is 2.62. The zero-order chi connectivity index (χ0) is 13.1. The van der Waals surface area contributed by atoms with Gasteiger partial charge in [-0.15, -0.1) is 22.9 Å². The molecule has 1 aromatic heterocycles. The molecule has 0 aliphatic heterocycles. The Balaban J connectivity index is 2.56. The van der Waals surface area contributed by atoms with Gasteiger partial charge in [0.05, 0.1) is 0 Å². The highest BCUT2D eigenvalue weighted by Crippen LogP contribution is 2.20. The number of sulfonamides is 1. The molecule has 1 aromatic rings. The molecular formula is C11H18ClNO2S2. The molecule has 98 valence electrons. The van der Waals surface area contributed by atoms with Crippen LogP contribution in [0, 0.1) is 12.8 Å². The normalized spacial score (nSPS) is 14.2. The first-order valence-electron chi connectivity index (χ1n) is 5.51. The number of alkyl halides is 1. The summed E-state index contributed by atoms with van der Waals surface area (Å²) in [4.78, 5) is 0.981. The molecular weight excluding hydrogens is 278 g/mol. The summed E-state index contributed by atoms with van der Waals surface area (Å²) >= 11 is 7.32. The van der Waals surface area contributed by atoms with Gasteiger partial charge < -0.3 is 0 Å². The predicted octanol–water partition coefficient (Wildman–Crippen LogP) is 2.99. The van der Waals surface area contributed by atoms with Gasteiger partial charge in [-0.25, -0.2) is 13.1 Å². The van der Waals surface area contributed by atoms with Crippen LogP contribution >= 0.6 is 22.9 Å². The van der Waals surface area contributed by atoms with E-state index in [0.717, 1.165) is 11.3 Å². The van der Waals surface area contributed by atoms with Crippen molar-refractivity contribution < 1.29 is 8.42 Å². The molecule has 1 rings (SSSR count). The first-order valence-corrected chi connectivity index (χ1v) is 8.25. The third-order valence-corrected chi connectivity index (χ3v) is 5.45. The van der Waals surface area contributed by atoms with Crippen molar-refractivity contribution in [1.29, 1.82) is 0 Å². The second-order valence-electron chi connectivity index (χ2n) is 4.44. The van der Waals surface area contributed by atoms with Crippen LogP contribution in [0.3, 0.4) is 0 Å². The highest BCUT2D eigenvalue weighted by atomic mass is 35.5. The first kappa shape index (κ1) is 15.0. The van der Waals surface area contributed by atoms with E-state index in [1.165, 1.54) is 11.3 Å². The highest BCUT2D eigenvalue weighted by molar-refractivity contribution is 7.91. The van der Waals surface area contributed by atoms with Crippen molar-refractivity contribution in [3.05, 3.63) is 17.0 Å². The minimum atomic E-state index is -3.39. The number of hydrogen-bond acceptors (Lipinski definition) is 3. The number of nitrogens with one attached hydrogen (secondary N) is 1. The van der Waals surface area contributed by atoms with Gasteiger partial charge in [0.2, 0.25) is 10.0 Å². The average molecular weight is 296 g/mol. The van der Waals surface area contributed by atoms with Crippen molar-refractivity contribution in [2.45, 2.75) is 36.8 Å². The molecule has 1 N–H and O–H groups in total. The van der Waals surface area contributed by atoms with E-state index in [1.54, 1.807) is 12.1 Å². The van der Waals surface area contributed by atoms with Crippen LogP contribution < -0.4 is 4.72 Å². The molecule has 3 nitrogen and oxygen atoms in total. The van der Waals surface area contributed by atoms with E-state index >= 15 is 0 Å². The summed E-state index contributed by atoms with van der Waals surface area (Å²) in [6.45, 7) is 6.28. The van der Waals surface area contributed by atoms with Crippen LogP contribution in [0.15, 0.2) is 16.3 Å². The lowest BCUT2D eigenvalue weighted by molar-refractivity contribution is 0.545. The van der Waals surface area contributed by atoms with Crippen molar-refractivity contribution in [2.24, 2.45) is 5.92 Å². The van der Waals surface area contributed by atoms with Crippen molar-refractivity contribution in [3.63, 3.8) is 0 Å². The second-order valence-corrected chi connectivity index (χ2v) is 8.34. The fraction of sp³-hybridized carbons (Fsp3) is 0.636. The molecule has 0 aromatic carbocycles. The summed E-state index contributed by atoms with van der Waals surface area (Å²) in [7, 11) is -3.39. The van der Waals surface area contributed by atoms with Crippen LogP contribution in [0.4, 0.5) is 0 Å². The number of aryl methyl sites for hydroxylation is 1. The summed E-state index contributed by atoms with van der Waals surface area (Å²) in [5, 5.41) is -0.161. The summed E-state index contributed by atoms with van der Waals surface area (Å²) in [5.74, 6) is 0.464. The lowest BCUT2D eigenvalue weighted by Crippen LogP contribution is -2.30. The van der Waals surface area contributed by atoms with Gasteiger partial charge in [0.1, 0.15) is 4.21 Å². The third kappa shape index (κ3) is 4.95. The topological polar surface area (TPSA) is 46.2 Å². The SMILES string of the molecule is Cc1ccc(S(=O)(=O)NCC(Cl)CC(C)C)s1. The van der Waals surface area contributed by atoms with E-state index in [1.807, 2.05) is 6.92 Å². The van der Waals surface area contributed by atoms with Gasteiger partial charge >= 0.3 is 0 Å². The molecule has 0 fully saturated rings. The van der Waals surface area contributed by atoms with Crippen LogP contribution in [-0.4, -0.2) is 20.3 Å². The molecule has 0 spiro atoms. The molecule has 1 atom stereocenters. The van der Waals surface area contributed by atoms with E-state index in [0.29, 0.717) is 10.1 Å². The third-order valence-electron chi connectivity index (χ3n) is 2.20. The Kier molecular flexibility index (Phi) is 5.44. The predicted molar refractivity (Wildman–Crippen MR) is 73.3 cm³/mol. The Morgan fingerprint density at radius 2 is 2.06 bits per heavy atom. The largest absolute Gasteiger partial charge is 0.250 e. The zero-order valence-electron chi connectivity index (χ0n) is 10.2. The number of thiophene rings is 1. The van der Waals surface area contributed by atoms with E-state index in [9.17, 15) is 8.42 Å². The van der Waals surface area contributed by atoms with Crippen LogP contribution in [0.5, 0.6) is 0 Å². The minimum Gasteiger partial charge on any atom is -0.209 e. The number of halogens is 1. The van der Waals surface area contributed by atoms with Crippen LogP contribution in [0.2, 0.25) is 0 Å². The second kappa shape index (κ2) is 6.18. The molecule has 0 amide bonds. The Hall–Kier alpha value is -0.100. The molecule has 1 heterocycles. The Bertz CT molecular complexity index is 454. The van der Waals surface area contributed by atoms with E-state index in [2.05, 4.69) is 18.6 Å². The molecule has 6 heteroatoms. The summed E-state index contributed by atoms with van der Waals surface area (Å²) < 4.78 is 26.6. The van der Waals surface area contributed by atoms with Crippen molar-refractivity contribution in [3.8, 4) is 0 Å². The van der Waals surface area contributed by atoms with E-state index in [-0.39, 0.29) is 11.9 Å². The van der Waals surface area contributed by atoms with Crippen LogP contribution in [0.1, 0.15) is 25.1 Å². The Morgan fingerprint density at radius 3 is 2.53 bits per heavy atom. The fourth-order valence-electron chi connectivity index (χ4n) is 1.42. The molecule has 0 saturated heterocycles. The fourth-order valence-corrected chi connectivity index (χ4v) is 4.36. The van der Waals surface area contributed by atoms with Crippen molar-refractivity contribution >= 4 is 33.0 Å². The number of hydrogen-bond donors (Lipinski definition) is 1. The first-order chi connectivity index (χ1) is 7.81. The van der Waals surface area contributed by atoms with Gasteiger partial charge in [0, 0.05) is 16.8 Å². The minimum absolute atomic E-state index is 0.161. The van der Waals surface area contributed by atoms with Gasteiger partial charge in [-0.1, -0.05) is 13.8 Å². The van der Waals surface area contributed by atoms with Gasteiger partial charge in [-0.2, -0.15) is 0 Å². The highest BCUT2D eigenvalue weighted by Gasteiger charge is 2.17. The van der Waals surface area contributed by atoms with Crippen molar-refractivity contribution in [1.82, 2.24) is 4.72 Å². The zero-order valence-corrected chi connectivity index (χ0v) is 12.6. The maximum Gasteiger partial charge on any atom is 0.250 e. The van der Waals surface area contributed by atoms with Gasteiger partial charge in [0.25, 0.3) is 0 Å². The molecule has 0 saturated carbocycles. The summed E-state index contributed by atoms with van der Waals surface area (Å²) in [5.41, 5.74) is 0. The maximum atomic E-state index is 11.9. The smallest absolute Gasteiger partial charge is 0.209 e. The van der Waals surface area contributed by atoms with E-state index in [4.69, 9.17) is 11.6 Å². The van der Waals surface area contributed by atoms with Gasteiger partial charge in [0.15, 0.2) is 0 Å². The Morgan fingerprint density at radius 1 is 1.41 bits per heavy atom. The lowest BCUT2D eigenvalue weighted by Gasteiger charge is -2.12. The maximum absolute atomic E-state index is 11.9. The standard InChI is InChI=1S/C11H18ClNO2S2/c1-8(2)6-10(12)7-13-17(14,15)11-5-4-9(3)16-11/h4-5,8,10,13H,6-7H2,1-3H3.